The summed E-state index contributed by atoms with van der Waals surface area (Å²) in [6.07, 6.45) is 0. The third-order valence-electron chi connectivity index (χ3n) is 6.63. The second-order valence-electron chi connectivity index (χ2n) is 9.14. The van der Waals surface area contributed by atoms with Crippen LogP contribution < -0.4 is 10.3 Å². The second-order valence-corrected chi connectivity index (χ2v) is 12.0. The highest BCUT2D eigenvalue weighted by Crippen LogP contribution is 2.25. The minimum atomic E-state index is -3.62. The number of carbonyl (C=O) groups is 1. The molecule has 1 saturated heterocycles. The van der Waals surface area contributed by atoms with E-state index in [9.17, 15) is 18.0 Å². The number of carbonyl (C=O) groups excluding carboxylic acids is 1. The number of fused-ring (bicyclic) bond motifs is 1. The zero-order valence-corrected chi connectivity index (χ0v) is 23.2. The van der Waals surface area contributed by atoms with Crippen LogP contribution in [0.1, 0.15) is 5.56 Å². The summed E-state index contributed by atoms with van der Waals surface area (Å²) in [7, 11) is -2.06. The maximum Gasteiger partial charge on any atom is 0.266 e. The summed E-state index contributed by atoms with van der Waals surface area (Å²) in [6, 6.07) is 21.0. The number of aromatic nitrogens is 2. The van der Waals surface area contributed by atoms with Crippen LogP contribution in [0.4, 0.5) is 0 Å². The van der Waals surface area contributed by atoms with Gasteiger partial charge < -0.3 is 9.64 Å². The second kappa shape index (κ2) is 11.2. The molecular weight excluding hydrogens is 536 g/mol. The summed E-state index contributed by atoms with van der Waals surface area (Å²) in [5.74, 6) is 0.504. The molecule has 0 saturated carbocycles. The van der Waals surface area contributed by atoms with E-state index in [0.717, 1.165) is 5.56 Å². The quantitative estimate of drug-likeness (QED) is 0.251. The van der Waals surface area contributed by atoms with E-state index in [2.05, 4.69) is 0 Å². The van der Waals surface area contributed by atoms with Gasteiger partial charge in [-0.3, -0.25) is 14.2 Å². The topological polar surface area (TPSA) is 102 Å². The Kier molecular flexibility index (Phi) is 7.74. The number of para-hydroxylation sites is 1. The van der Waals surface area contributed by atoms with Crippen molar-refractivity contribution < 1.29 is 17.9 Å². The van der Waals surface area contributed by atoms with Crippen LogP contribution in [-0.4, -0.2) is 72.1 Å². The SMILES string of the molecule is COc1cccc(-n2c(SCC(=O)N3CCN(S(=O)(=O)c4ccc(C)cc4)CC3)nc3ccccc3c2=O)c1. The number of rotatable bonds is 7. The molecule has 0 radical (unpaired) electrons. The molecule has 9 nitrogen and oxygen atoms in total. The highest BCUT2D eigenvalue weighted by atomic mass is 32.2. The van der Waals surface area contributed by atoms with Gasteiger partial charge in [0.25, 0.3) is 5.56 Å². The van der Waals surface area contributed by atoms with Crippen molar-refractivity contribution >= 4 is 38.6 Å². The fourth-order valence-corrected chi connectivity index (χ4v) is 6.78. The van der Waals surface area contributed by atoms with Crippen molar-refractivity contribution in [2.45, 2.75) is 17.0 Å². The molecule has 1 aromatic heterocycles. The molecule has 11 heteroatoms. The standard InChI is InChI=1S/C28H28N4O5S2/c1-20-10-12-23(13-11-20)39(35,36)31-16-14-30(15-17-31)26(33)19-38-28-29-25-9-4-3-8-24(25)27(34)32(28)21-6-5-7-22(18-21)37-2/h3-13,18H,14-17,19H2,1-2H3. The summed E-state index contributed by atoms with van der Waals surface area (Å²) in [4.78, 5) is 33.2. The molecule has 39 heavy (non-hydrogen) atoms. The molecule has 2 heterocycles. The van der Waals surface area contributed by atoms with Gasteiger partial charge in [-0.2, -0.15) is 4.31 Å². The lowest BCUT2D eigenvalue weighted by molar-refractivity contribution is -0.129. The van der Waals surface area contributed by atoms with Crippen molar-refractivity contribution in [3.63, 3.8) is 0 Å². The van der Waals surface area contributed by atoms with E-state index >= 15 is 0 Å². The Hall–Kier alpha value is -3.67. The predicted molar refractivity (Wildman–Crippen MR) is 151 cm³/mol. The molecule has 0 unspecified atom stereocenters. The van der Waals surface area contributed by atoms with Gasteiger partial charge in [0, 0.05) is 32.2 Å². The Morgan fingerprint density at radius 3 is 2.41 bits per heavy atom. The Labute approximate surface area is 231 Å². The van der Waals surface area contributed by atoms with Crippen molar-refractivity contribution in [3.05, 3.63) is 88.7 Å². The summed E-state index contributed by atoms with van der Waals surface area (Å²) in [6.45, 7) is 2.92. The molecule has 0 atom stereocenters. The van der Waals surface area contributed by atoms with Crippen molar-refractivity contribution in [3.8, 4) is 11.4 Å². The van der Waals surface area contributed by atoms with E-state index in [-0.39, 0.29) is 35.2 Å². The number of thioether (sulfide) groups is 1. The first-order valence-corrected chi connectivity index (χ1v) is 14.8. The van der Waals surface area contributed by atoms with Gasteiger partial charge in [-0.25, -0.2) is 13.4 Å². The molecule has 0 spiro atoms. The van der Waals surface area contributed by atoms with Crippen LogP contribution in [0.5, 0.6) is 5.75 Å². The number of sulfonamides is 1. The first kappa shape index (κ1) is 26.9. The zero-order chi connectivity index (χ0) is 27.6. The number of hydrogen-bond acceptors (Lipinski definition) is 7. The minimum absolute atomic E-state index is 0.0550. The van der Waals surface area contributed by atoms with Gasteiger partial charge in [-0.05, 0) is 43.3 Å². The van der Waals surface area contributed by atoms with Crippen molar-refractivity contribution in [2.24, 2.45) is 0 Å². The highest BCUT2D eigenvalue weighted by molar-refractivity contribution is 7.99. The van der Waals surface area contributed by atoms with Crippen molar-refractivity contribution in [1.29, 1.82) is 0 Å². The van der Waals surface area contributed by atoms with E-state index in [1.54, 1.807) is 78.7 Å². The van der Waals surface area contributed by atoms with Crippen LogP contribution in [0.25, 0.3) is 16.6 Å². The van der Waals surface area contributed by atoms with E-state index in [1.807, 2.05) is 13.0 Å². The molecule has 0 bridgehead atoms. The predicted octanol–water partition coefficient (Wildman–Crippen LogP) is 3.33. The Balaban J connectivity index is 1.32. The van der Waals surface area contributed by atoms with Crippen LogP contribution in [0.3, 0.4) is 0 Å². The normalized spacial score (nSPS) is 14.5. The molecule has 0 N–H and O–H groups in total. The van der Waals surface area contributed by atoms with Gasteiger partial charge in [0.15, 0.2) is 5.16 Å². The van der Waals surface area contributed by atoms with E-state index in [1.165, 1.54) is 20.6 Å². The number of benzene rings is 3. The number of aryl methyl sites for hydroxylation is 1. The van der Waals surface area contributed by atoms with Crippen LogP contribution in [0.2, 0.25) is 0 Å². The lowest BCUT2D eigenvalue weighted by Gasteiger charge is -2.34. The van der Waals surface area contributed by atoms with Crippen molar-refractivity contribution in [1.82, 2.24) is 18.8 Å². The van der Waals surface area contributed by atoms with Gasteiger partial charge in [0.2, 0.25) is 15.9 Å². The van der Waals surface area contributed by atoms with Crippen LogP contribution in [0.15, 0.2) is 87.6 Å². The van der Waals surface area contributed by atoms with Gasteiger partial charge in [0.05, 0.1) is 34.3 Å². The molecule has 0 aliphatic carbocycles. The number of hydrogen-bond donors (Lipinski definition) is 0. The lowest BCUT2D eigenvalue weighted by Crippen LogP contribution is -2.51. The monoisotopic (exact) mass is 564 g/mol. The number of ether oxygens (including phenoxy) is 1. The fraction of sp³-hybridized carbons (Fsp3) is 0.250. The number of methoxy groups -OCH3 is 1. The van der Waals surface area contributed by atoms with Crippen LogP contribution in [0, 0.1) is 6.92 Å². The molecule has 1 aliphatic heterocycles. The number of piperazine rings is 1. The lowest BCUT2D eigenvalue weighted by atomic mass is 10.2. The van der Waals surface area contributed by atoms with Gasteiger partial charge in [-0.15, -0.1) is 0 Å². The summed E-state index contributed by atoms with van der Waals surface area (Å²) in [5, 5.41) is 0.864. The van der Waals surface area contributed by atoms with Gasteiger partial charge in [-0.1, -0.05) is 47.7 Å². The van der Waals surface area contributed by atoms with E-state index in [4.69, 9.17) is 9.72 Å². The maximum atomic E-state index is 13.5. The first-order valence-electron chi connectivity index (χ1n) is 12.4. The average Bonchev–Trinajstić information content (AvgIpc) is 2.96. The Morgan fingerprint density at radius 2 is 1.69 bits per heavy atom. The Bertz CT molecular complexity index is 1680. The van der Waals surface area contributed by atoms with Crippen molar-refractivity contribution in [2.75, 3.05) is 39.0 Å². The molecule has 5 rings (SSSR count). The van der Waals surface area contributed by atoms with Crippen LogP contribution in [-0.2, 0) is 14.8 Å². The van der Waals surface area contributed by atoms with Crippen LogP contribution >= 0.6 is 11.8 Å². The molecule has 1 amide bonds. The maximum absolute atomic E-state index is 13.5. The molecule has 4 aromatic rings. The minimum Gasteiger partial charge on any atom is -0.497 e. The molecule has 3 aromatic carbocycles. The number of amides is 1. The third kappa shape index (κ3) is 5.56. The van der Waals surface area contributed by atoms with E-state index in [0.29, 0.717) is 40.6 Å². The average molecular weight is 565 g/mol. The summed E-state index contributed by atoms with van der Waals surface area (Å²) < 4.78 is 34.3. The van der Waals surface area contributed by atoms with Gasteiger partial charge >= 0.3 is 0 Å². The molecule has 202 valence electrons. The first-order chi connectivity index (χ1) is 18.8. The zero-order valence-electron chi connectivity index (χ0n) is 21.6. The Morgan fingerprint density at radius 1 is 0.974 bits per heavy atom. The summed E-state index contributed by atoms with van der Waals surface area (Å²) in [5.41, 5.74) is 1.88. The molecule has 1 aliphatic rings. The molecular formula is C28H28N4O5S2. The van der Waals surface area contributed by atoms with E-state index < -0.39 is 10.0 Å². The third-order valence-corrected chi connectivity index (χ3v) is 9.47. The highest BCUT2D eigenvalue weighted by Gasteiger charge is 2.30. The summed E-state index contributed by atoms with van der Waals surface area (Å²) >= 11 is 1.18. The molecule has 1 fully saturated rings. The fourth-order valence-electron chi connectivity index (χ4n) is 4.44. The smallest absolute Gasteiger partial charge is 0.266 e. The van der Waals surface area contributed by atoms with Gasteiger partial charge in [0.1, 0.15) is 5.75 Å². The number of nitrogens with zero attached hydrogens (tertiary/aromatic N) is 4. The largest absolute Gasteiger partial charge is 0.497 e.